The molecule has 20 heavy (non-hydrogen) atoms. The van der Waals surface area contributed by atoms with Gasteiger partial charge < -0.3 is 10.2 Å². The number of benzene rings is 1. The van der Waals surface area contributed by atoms with Gasteiger partial charge in [-0.25, -0.2) is 0 Å². The van der Waals surface area contributed by atoms with Crippen LogP contribution in [0.3, 0.4) is 0 Å². The van der Waals surface area contributed by atoms with Crippen LogP contribution in [-0.2, 0) is 13.0 Å². The molecule has 2 nitrogen and oxygen atoms in total. The van der Waals surface area contributed by atoms with E-state index in [1.807, 2.05) is 0 Å². The number of hydrogen-bond acceptors (Lipinski definition) is 2. The van der Waals surface area contributed by atoms with Gasteiger partial charge in [-0.1, -0.05) is 44.5 Å². The second kappa shape index (κ2) is 7.80. The summed E-state index contributed by atoms with van der Waals surface area (Å²) >= 11 is 0. The Bertz CT molecular complexity index is 396. The van der Waals surface area contributed by atoms with E-state index in [-0.39, 0.29) is 0 Å². The molecule has 0 spiro atoms. The lowest BCUT2D eigenvalue weighted by molar-refractivity contribution is 0.200. The SMILES string of the molecule is CC(C)NCCc1ccccc1CN(C)CC1CCC1. The zero-order valence-electron chi connectivity index (χ0n) is 13.4. The minimum atomic E-state index is 0.573. The third kappa shape index (κ3) is 4.92. The van der Waals surface area contributed by atoms with Crippen LogP contribution in [0.4, 0.5) is 0 Å². The molecule has 2 rings (SSSR count). The Morgan fingerprint density at radius 2 is 1.90 bits per heavy atom. The molecule has 0 aromatic heterocycles. The number of rotatable bonds is 8. The van der Waals surface area contributed by atoms with E-state index in [1.54, 1.807) is 0 Å². The molecule has 1 aromatic rings. The predicted molar refractivity (Wildman–Crippen MR) is 87.0 cm³/mol. The smallest absolute Gasteiger partial charge is 0.0233 e. The van der Waals surface area contributed by atoms with Gasteiger partial charge in [-0.05, 0) is 49.9 Å². The van der Waals surface area contributed by atoms with Crippen molar-refractivity contribution in [3.63, 3.8) is 0 Å². The third-order valence-corrected chi connectivity index (χ3v) is 4.30. The topological polar surface area (TPSA) is 15.3 Å². The third-order valence-electron chi connectivity index (χ3n) is 4.30. The molecular weight excluding hydrogens is 244 g/mol. The van der Waals surface area contributed by atoms with Gasteiger partial charge in [0.15, 0.2) is 0 Å². The lowest BCUT2D eigenvalue weighted by Crippen LogP contribution is -2.29. The minimum Gasteiger partial charge on any atom is -0.314 e. The molecule has 2 heteroatoms. The summed E-state index contributed by atoms with van der Waals surface area (Å²) in [6.45, 7) is 7.84. The fourth-order valence-electron chi connectivity index (χ4n) is 2.92. The summed E-state index contributed by atoms with van der Waals surface area (Å²) in [7, 11) is 2.27. The summed E-state index contributed by atoms with van der Waals surface area (Å²) < 4.78 is 0. The van der Waals surface area contributed by atoms with Crippen LogP contribution in [0.25, 0.3) is 0 Å². The molecule has 0 aliphatic heterocycles. The maximum atomic E-state index is 3.51. The Balaban J connectivity index is 1.85. The quantitative estimate of drug-likeness (QED) is 0.781. The molecule has 1 aliphatic carbocycles. The van der Waals surface area contributed by atoms with Gasteiger partial charge in [0, 0.05) is 19.1 Å². The molecule has 1 aliphatic rings. The molecule has 0 saturated heterocycles. The Kier molecular flexibility index (Phi) is 6.06. The molecule has 1 N–H and O–H groups in total. The van der Waals surface area contributed by atoms with E-state index in [4.69, 9.17) is 0 Å². The van der Waals surface area contributed by atoms with Crippen molar-refractivity contribution in [3.8, 4) is 0 Å². The lowest BCUT2D eigenvalue weighted by atomic mass is 9.85. The van der Waals surface area contributed by atoms with Gasteiger partial charge in [0.2, 0.25) is 0 Å². The summed E-state index contributed by atoms with van der Waals surface area (Å²) in [6, 6.07) is 9.49. The Morgan fingerprint density at radius 1 is 1.20 bits per heavy atom. The monoisotopic (exact) mass is 274 g/mol. The maximum absolute atomic E-state index is 3.51. The normalized spacial score (nSPS) is 15.8. The van der Waals surface area contributed by atoms with Crippen molar-refractivity contribution in [2.45, 2.75) is 52.1 Å². The second-order valence-corrected chi connectivity index (χ2v) is 6.62. The molecule has 0 heterocycles. The fraction of sp³-hybridized carbons (Fsp3) is 0.667. The Hall–Kier alpha value is -0.860. The lowest BCUT2D eigenvalue weighted by Gasteiger charge is -2.30. The maximum Gasteiger partial charge on any atom is 0.0233 e. The molecule has 1 fully saturated rings. The standard InChI is InChI=1S/C18H30N2/c1-15(2)19-12-11-17-9-4-5-10-18(17)14-20(3)13-16-7-6-8-16/h4-5,9-10,15-16,19H,6-8,11-14H2,1-3H3. The van der Waals surface area contributed by atoms with E-state index in [0.717, 1.165) is 25.4 Å². The van der Waals surface area contributed by atoms with Crippen LogP contribution in [0.5, 0.6) is 0 Å². The van der Waals surface area contributed by atoms with Crippen molar-refractivity contribution in [1.82, 2.24) is 10.2 Å². The fourth-order valence-corrected chi connectivity index (χ4v) is 2.92. The van der Waals surface area contributed by atoms with E-state index >= 15 is 0 Å². The number of hydrogen-bond donors (Lipinski definition) is 1. The molecule has 0 unspecified atom stereocenters. The predicted octanol–water partition coefficient (Wildman–Crippen LogP) is 3.46. The van der Waals surface area contributed by atoms with Gasteiger partial charge in [0.1, 0.15) is 0 Å². The Labute approximate surface area is 124 Å². The van der Waals surface area contributed by atoms with Crippen LogP contribution in [-0.4, -0.2) is 31.1 Å². The van der Waals surface area contributed by atoms with Crippen LogP contribution >= 0.6 is 0 Å². The summed E-state index contributed by atoms with van der Waals surface area (Å²) in [4.78, 5) is 2.50. The van der Waals surface area contributed by atoms with Crippen molar-refractivity contribution in [1.29, 1.82) is 0 Å². The molecule has 1 aromatic carbocycles. The van der Waals surface area contributed by atoms with E-state index < -0.39 is 0 Å². The van der Waals surface area contributed by atoms with Crippen LogP contribution in [0, 0.1) is 5.92 Å². The molecule has 0 bridgehead atoms. The van der Waals surface area contributed by atoms with Crippen molar-refractivity contribution < 1.29 is 0 Å². The minimum absolute atomic E-state index is 0.573. The van der Waals surface area contributed by atoms with Crippen LogP contribution < -0.4 is 5.32 Å². The number of nitrogens with zero attached hydrogens (tertiary/aromatic N) is 1. The first-order chi connectivity index (χ1) is 9.65. The Morgan fingerprint density at radius 3 is 2.50 bits per heavy atom. The van der Waals surface area contributed by atoms with E-state index in [1.165, 1.54) is 36.9 Å². The molecule has 0 atom stereocenters. The largest absolute Gasteiger partial charge is 0.314 e. The summed E-state index contributed by atoms with van der Waals surface area (Å²) in [5.74, 6) is 0.953. The first-order valence-corrected chi connectivity index (χ1v) is 8.14. The van der Waals surface area contributed by atoms with Gasteiger partial charge in [-0.15, -0.1) is 0 Å². The first-order valence-electron chi connectivity index (χ1n) is 8.14. The highest BCUT2D eigenvalue weighted by Crippen LogP contribution is 2.27. The van der Waals surface area contributed by atoms with Crippen LogP contribution in [0.2, 0.25) is 0 Å². The average molecular weight is 274 g/mol. The zero-order valence-corrected chi connectivity index (χ0v) is 13.4. The zero-order chi connectivity index (χ0) is 14.4. The highest BCUT2D eigenvalue weighted by molar-refractivity contribution is 5.27. The molecule has 0 amide bonds. The highest BCUT2D eigenvalue weighted by atomic mass is 15.1. The first kappa shape index (κ1) is 15.5. The van der Waals surface area contributed by atoms with Gasteiger partial charge >= 0.3 is 0 Å². The summed E-state index contributed by atoms with van der Waals surface area (Å²) in [5, 5.41) is 3.51. The summed E-state index contributed by atoms with van der Waals surface area (Å²) in [5.41, 5.74) is 3.00. The van der Waals surface area contributed by atoms with E-state index in [9.17, 15) is 0 Å². The van der Waals surface area contributed by atoms with E-state index in [2.05, 4.69) is 55.4 Å². The highest BCUT2D eigenvalue weighted by Gasteiger charge is 2.19. The van der Waals surface area contributed by atoms with Crippen LogP contribution in [0.1, 0.15) is 44.2 Å². The molecule has 112 valence electrons. The van der Waals surface area contributed by atoms with Crippen LogP contribution in [0.15, 0.2) is 24.3 Å². The molecule has 0 radical (unpaired) electrons. The van der Waals surface area contributed by atoms with Gasteiger partial charge in [0.25, 0.3) is 0 Å². The van der Waals surface area contributed by atoms with Crippen molar-refractivity contribution in [2.24, 2.45) is 5.92 Å². The van der Waals surface area contributed by atoms with Crippen molar-refractivity contribution in [2.75, 3.05) is 20.1 Å². The molecule has 1 saturated carbocycles. The van der Waals surface area contributed by atoms with Gasteiger partial charge in [-0.2, -0.15) is 0 Å². The van der Waals surface area contributed by atoms with Crippen molar-refractivity contribution >= 4 is 0 Å². The summed E-state index contributed by atoms with van der Waals surface area (Å²) in [6.07, 6.45) is 5.44. The average Bonchev–Trinajstić information content (AvgIpc) is 2.36. The second-order valence-electron chi connectivity index (χ2n) is 6.62. The van der Waals surface area contributed by atoms with Gasteiger partial charge in [0.05, 0.1) is 0 Å². The molecular formula is C18H30N2. The number of nitrogens with one attached hydrogen (secondary N) is 1. The van der Waals surface area contributed by atoms with Crippen molar-refractivity contribution in [3.05, 3.63) is 35.4 Å². The van der Waals surface area contributed by atoms with Gasteiger partial charge in [-0.3, -0.25) is 0 Å². The van der Waals surface area contributed by atoms with E-state index in [0.29, 0.717) is 6.04 Å².